The van der Waals surface area contributed by atoms with Crippen molar-refractivity contribution in [2.24, 2.45) is 50.2 Å². The summed E-state index contributed by atoms with van der Waals surface area (Å²) in [6.45, 7) is 8.30. The highest BCUT2D eigenvalue weighted by Crippen LogP contribution is 2.76. The van der Waals surface area contributed by atoms with Crippen molar-refractivity contribution < 1.29 is 149 Å². The van der Waals surface area contributed by atoms with E-state index in [0.29, 0.717) is 51.4 Å². The first-order chi connectivity index (χ1) is 42.2. The molecule has 516 valence electrons. The number of rotatable bonds is 16. The van der Waals surface area contributed by atoms with E-state index in [1.807, 2.05) is 0 Å². The molecule has 5 saturated heterocycles. The fourth-order valence-corrected chi connectivity index (χ4v) is 17.8. The van der Waals surface area contributed by atoms with E-state index in [4.69, 9.17) is 47.4 Å². The molecule has 34 atom stereocenters. The van der Waals surface area contributed by atoms with Gasteiger partial charge < -0.3 is 139 Å². The zero-order chi connectivity index (χ0) is 65.9. The summed E-state index contributed by atoms with van der Waals surface area (Å²) in [6, 6.07) is 0. The van der Waals surface area contributed by atoms with Gasteiger partial charge in [0.1, 0.15) is 122 Å². The summed E-state index contributed by atoms with van der Waals surface area (Å²) < 4.78 is 59.4. The normalized spacial score (nSPS) is 53.6. The molecule has 1 unspecified atom stereocenters. The van der Waals surface area contributed by atoms with Crippen molar-refractivity contribution in [1.29, 1.82) is 0 Å². The lowest BCUT2D eigenvalue weighted by Gasteiger charge is -2.71. The minimum absolute atomic E-state index is 0.0890. The van der Waals surface area contributed by atoms with Crippen molar-refractivity contribution >= 4 is 11.9 Å². The Balaban J connectivity index is 0.930. The minimum atomic E-state index is -2.13. The van der Waals surface area contributed by atoms with Crippen molar-refractivity contribution in [2.45, 2.75) is 265 Å². The number of aliphatic hydroxyl groups is 17. The summed E-state index contributed by atoms with van der Waals surface area (Å²) in [5.41, 5.74) is -3.70. The number of carbonyl (C=O) groups is 2. The van der Waals surface area contributed by atoms with Crippen molar-refractivity contribution in [1.82, 2.24) is 0 Å². The van der Waals surface area contributed by atoms with E-state index >= 15 is 4.79 Å². The summed E-state index contributed by atoms with van der Waals surface area (Å²) in [7, 11) is 0. The number of ether oxygens (including phenoxy) is 10. The zero-order valence-corrected chi connectivity index (χ0v) is 51.4. The maximum absolute atomic E-state index is 15.7. The van der Waals surface area contributed by atoms with Gasteiger partial charge in [-0.15, -0.1) is 0 Å². The van der Waals surface area contributed by atoms with E-state index in [9.17, 15) is 96.7 Å². The van der Waals surface area contributed by atoms with E-state index in [0.717, 1.165) is 5.57 Å². The molecule has 0 spiro atoms. The number of carboxylic acid groups (broad SMARTS) is 1. The summed E-state index contributed by atoms with van der Waals surface area (Å²) in [4.78, 5) is 29.5. The third kappa shape index (κ3) is 11.6. The number of carboxylic acids is 1. The predicted molar refractivity (Wildman–Crippen MR) is 297 cm³/mol. The molecule has 5 heterocycles. The minimum Gasteiger partial charge on any atom is -0.481 e. The van der Waals surface area contributed by atoms with Gasteiger partial charge in [-0.05, 0) is 111 Å². The summed E-state index contributed by atoms with van der Waals surface area (Å²) in [6.07, 6.45) is -40.0. The number of aliphatic carboxylic acids is 1. The summed E-state index contributed by atoms with van der Waals surface area (Å²) in [5.74, 6) is -2.90. The second kappa shape index (κ2) is 26.2. The average molecular weight is 1300 g/mol. The van der Waals surface area contributed by atoms with Crippen LogP contribution >= 0.6 is 0 Å². The van der Waals surface area contributed by atoms with E-state index in [-0.39, 0.29) is 24.2 Å². The second-order valence-corrected chi connectivity index (χ2v) is 28.9. The van der Waals surface area contributed by atoms with Gasteiger partial charge in [-0.1, -0.05) is 46.3 Å². The number of aliphatic hydroxyl groups excluding tert-OH is 17. The standard InChI is InChI=1S/C60H96O30/c1-55(2)13-15-60(16-14-57(4)23(24(60)17-55)7-8-30-56(3)11-10-32(59(6,53(78)79)31(56)9-12-58(30,57)5)87-48-42(74)38(70)33(65)25(18-61)82-48)54(80)90-51-45(77)46(88-49-43(75)39(71)34(66)26(19-62)83-49)37(69)29(86-51)22-81-52-47(41(73)36(68)28(21-64)85-52)89-50-44(76)40(72)35(67)27(20-63)84-50/h7,24-52,61-77H,8-22H2,1-6H3,(H,78,79)/t24-,25+,26+,27+,28+,29+,30+,31?,32-,33+,34+,35+,36+,37+,38-,39-,40-,41-,42+,43+,44+,45+,46-,47+,48-,49-,50-,51-,52+,56+,57+,58+,59-,60-/m0/s1. The zero-order valence-electron chi connectivity index (χ0n) is 51.4. The maximum atomic E-state index is 15.7. The largest absolute Gasteiger partial charge is 0.481 e. The topological polar surface area (TPSA) is 491 Å². The quantitative estimate of drug-likeness (QED) is 0.0390. The molecule has 0 amide bonds. The molecule has 0 bridgehead atoms. The number of esters is 1. The van der Waals surface area contributed by atoms with Crippen molar-refractivity contribution in [3.8, 4) is 0 Å². The Labute approximate surface area is 519 Å². The summed E-state index contributed by atoms with van der Waals surface area (Å²) in [5, 5.41) is 194. The van der Waals surface area contributed by atoms with Gasteiger partial charge in [-0.25, -0.2) is 0 Å². The number of fused-ring (bicyclic) bond motifs is 7. The van der Waals surface area contributed by atoms with Crippen LogP contribution < -0.4 is 0 Å². The van der Waals surface area contributed by atoms with Gasteiger partial charge in [0, 0.05) is 0 Å². The first-order valence-corrected chi connectivity index (χ1v) is 31.5. The molecule has 9 fully saturated rings. The third-order valence-electron chi connectivity index (χ3n) is 23.6. The van der Waals surface area contributed by atoms with Crippen LogP contribution in [0.25, 0.3) is 0 Å². The van der Waals surface area contributed by atoms with Crippen LogP contribution in [0.2, 0.25) is 0 Å². The first-order valence-electron chi connectivity index (χ1n) is 31.5. The lowest BCUT2D eigenvalue weighted by atomic mass is 9.33. The van der Waals surface area contributed by atoms with Gasteiger partial charge in [-0.2, -0.15) is 0 Å². The SMILES string of the molecule is CC1(C)CC[C@]2(C(=O)O[C@@H]3O[C@H](CO[C@@H]4O[C@H](CO)[C@@H](O)[C@H](O)[C@H]4O[C@@H]4O[C@H](CO)[C@@H](O)[C@H](O)[C@H]4O)[C@@H](O)[C@H](O[C@@H]4O[C@H](CO)[C@@H](O)[C@H](O)[C@H]4O)[C@H]3O)CC[C@]3(C)C(=CC[C@@H]4[C@@]5(C)CC[C@H](O[C@@H]6O[C@H](CO)[C@@H](O)[C@H](O)[C@H]6O)[C@@](C)(C(=O)O)C5CC[C@]43C)[C@@H]2C1. The summed E-state index contributed by atoms with van der Waals surface area (Å²) >= 11 is 0. The molecule has 4 saturated carbocycles. The molecule has 0 aromatic rings. The maximum Gasteiger partial charge on any atom is 0.315 e. The Morgan fingerprint density at radius 1 is 0.489 bits per heavy atom. The fourth-order valence-electron chi connectivity index (χ4n) is 17.8. The Morgan fingerprint density at radius 3 is 1.49 bits per heavy atom. The van der Waals surface area contributed by atoms with E-state index < -0.39 is 244 Å². The van der Waals surface area contributed by atoms with Crippen LogP contribution in [0.3, 0.4) is 0 Å². The fraction of sp³-hybridized carbons (Fsp3) is 0.933. The Hall–Kier alpha value is -2.36. The van der Waals surface area contributed by atoms with E-state index in [1.165, 1.54) is 0 Å². The smallest absolute Gasteiger partial charge is 0.315 e. The monoisotopic (exact) mass is 1300 g/mol. The molecular weight excluding hydrogens is 1200 g/mol. The van der Waals surface area contributed by atoms with E-state index in [1.54, 1.807) is 6.92 Å². The van der Waals surface area contributed by atoms with Crippen molar-refractivity contribution in [3.63, 3.8) is 0 Å². The Morgan fingerprint density at radius 2 is 0.967 bits per heavy atom. The molecule has 10 aliphatic rings. The number of carbonyl (C=O) groups excluding carboxylic acids is 1. The molecule has 5 aliphatic heterocycles. The molecule has 18 N–H and O–H groups in total. The van der Waals surface area contributed by atoms with E-state index in [2.05, 4.69) is 40.7 Å². The molecule has 0 aromatic carbocycles. The lowest BCUT2D eigenvalue weighted by Crippen LogP contribution is -2.68. The first kappa shape index (κ1) is 70.4. The second-order valence-electron chi connectivity index (χ2n) is 28.9. The van der Waals surface area contributed by atoms with Gasteiger partial charge >= 0.3 is 11.9 Å². The van der Waals surface area contributed by atoms with Crippen LogP contribution in [0, 0.1) is 50.2 Å². The molecule has 30 heteroatoms. The molecule has 30 nitrogen and oxygen atoms in total. The van der Waals surface area contributed by atoms with Gasteiger partial charge in [0.25, 0.3) is 0 Å². The highest BCUT2D eigenvalue weighted by atomic mass is 16.8. The van der Waals surface area contributed by atoms with Crippen LogP contribution in [0.1, 0.15) is 106 Å². The van der Waals surface area contributed by atoms with Crippen LogP contribution in [0.5, 0.6) is 0 Å². The van der Waals surface area contributed by atoms with Crippen molar-refractivity contribution in [3.05, 3.63) is 11.6 Å². The Bertz CT molecular complexity index is 2540. The van der Waals surface area contributed by atoms with Gasteiger partial charge in [0.15, 0.2) is 25.2 Å². The molecule has 5 aliphatic carbocycles. The van der Waals surface area contributed by atoms with Crippen molar-refractivity contribution in [2.75, 3.05) is 33.0 Å². The average Bonchev–Trinajstić information content (AvgIpc) is 0.676. The van der Waals surface area contributed by atoms with Crippen LogP contribution in [-0.4, -0.2) is 297 Å². The van der Waals surface area contributed by atoms with Crippen LogP contribution in [0.15, 0.2) is 11.6 Å². The lowest BCUT2D eigenvalue weighted by molar-refractivity contribution is -0.377. The Kier molecular flexibility index (Phi) is 20.5. The molecular formula is C60H96O30. The molecule has 0 radical (unpaired) electrons. The van der Waals surface area contributed by atoms with Gasteiger partial charge in [0.05, 0.1) is 50.0 Å². The van der Waals surface area contributed by atoms with Gasteiger partial charge in [0.2, 0.25) is 6.29 Å². The van der Waals surface area contributed by atoms with Crippen LogP contribution in [-0.2, 0) is 57.0 Å². The molecule has 10 rings (SSSR count). The van der Waals surface area contributed by atoms with Crippen LogP contribution in [0.4, 0.5) is 0 Å². The van der Waals surface area contributed by atoms with Gasteiger partial charge in [-0.3, -0.25) is 9.59 Å². The third-order valence-corrected chi connectivity index (χ3v) is 23.6. The predicted octanol–water partition coefficient (Wildman–Crippen LogP) is -5.15. The number of hydrogen-bond donors (Lipinski definition) is 18. The highest BCUT2D eigenvalue weighted by molar-refractivity contribution is 5.79. The molecule has 90 heavy (non-hydrogen) atoms. The number of hydrogen-bond acceptors (Lipinski definition) is 29. The number of allylic oxidation sites excluding steroid dienone is 2. The highest BCUT2D eigenvalue weighted by Gasteiger charge is 2.72. The molecule has 0 aromatic heterocycles.